The Morgan fingerprint density at radius 3 is 2.84 bits per heavy atom. The number of nitrogens with zero attached hydrogens (tertiary/aromatic N) is 2. The molecule has 0 amide bonds. The fourth-order valence-corrected chi connectivity index (χ4v) is 3.07. The van der Waals surface area contributed by atoms with Gasteiger partial charge in [0.05, 0.1) is 28.6 Å². The van der Waals surface area contributed by atoms with Gasteiger partial charge in [0.2, 0.25) is 0 Å². The molecule has 3 unspecified atom stereocenters. The Hall–Kier alpha value is -1.06. The second kappa shape index (κ2) is 5.14. The van der Waals surface area contributed by atoms with Gasteiger partial charge in [-0.3, -0.25) is 0 Å². The van der Waals surface area contributed by atoms with Crippen molar-refractivity contribution in [1.29, 1.82) is 0 Å². The minimum atomic E-state index is -0.101. The lowest BCUT2D eigenvalue weighted by molar-refractivity contribution is 0.0736. The second-order valence-electron chi connectivity index (χ2n) is 5.24. The monoisotopic (exact) mass is 278 g/mol. The van der Waals surface area contributed by atoms with E-state index in [-0.39, 0.29) is 17.5 Å². The molecule has 102 valence electrons. The highest BCUT2D eigenvalue weighted by atomic mass is 35.5. The molecular weight excluding hydrogens is 260 g/mol. The van der Waals surface area contributed by atoms with Crippen LogP contribution in [0.3, 0.4) is 0 Å². The van der Waals surface area contributed by atoms with Gasteiger partial charge < -0.3 is 9.30 Å². The van der Waals surface area contributed by atoms with Crippen molar-refractivity contribution >= 4 is 22.6 Å². The molecule has 19 heavy (non-hydrogen) atoms. The summed E-state index contributed by atoms with van der Waals surface area (Å²) >= 11 is 6.31. The second-order valence-corrected chi connectivity index (χ2v) is 5.89. The van der Waals surface area contributed by atoms with Gasteiger partial charge >= 0.3 is 0 Å². The lowest BCUT2D eigenvalue weighted by Gasteiger charge is -2.23. The van der Waals surface area contributed by atoms with E-state index in [4.69, 9.17) is 16.3 Å². The van der Waals surface area contributed by atoms with Crippen LogP contribution in [0.2, 0.25) is 0 Å². The summed E-state index contributed by atoms with van der Waals surface area (Å²) in [6.07, 6.45) is 2.53. The van der Waals surface area contributed by atoms with Gasteiger partial charge in [-0.15, -0.1) is 11.6 Å². The Balaban J connectivity index is 2.11. The quantitative estimate of drug-likeness (QED) is 0.791. The zero-order chi connectivity index (χ0) is 13.4. The van der Waals surface area contributed by atoms with Gasteiger partial charge in [0.25, 0.3) is 0 Å². The maximum absolute atomic E-state index is 6.31. The molecule has 1 aromatic heterocycles. The molecule has 0 radical (unpaired) electrons. The van der Waals surface area contributed by atoms with Gasteiger partial charge in [-0.1, -0.05) is 12.1 Å². The number of rotatable bonds is 3. The minimum absolute atomic E-state index is 0.101. The van der Waals surface area contributed by atoms with Crippen molar-refractivity contribution in [1.82, 2.24) is 9.55 Å². The predicted molar refractivity (Wildman–Crippen MR) is 77.7 cm³/mol. The normalized spacial score (nSPS) is 22.8. The molecular formula is C15H19ClN2O. The van der Waals surface area contributed by atoms with Crippen LogP contribution in [0.15, 0.2) is 24.3 Å². The number of halogens is 1. The lowest BCUT2D eigenvalue weighted by Crippen LogP contribution is -2.22. The molecule has 0 spiro atoms. The van der Waals surface area contributed by atoms with Gasteiger partial charge in [-0.25, -0.2) is 4.98 Å². The average molecular weight is 279 g/mol. The number of ether oxygens (including phenoxy) is 1. The Kier molecular flexibility index (Phi) is 3.50. The van der Waals surface area contributed by atoms with Crippen LogP contribution in [-0.2, 0) is 4.74 Å². The van der Waals surface area contributed by atoms with Gasteiger partial charge in [0.15, 0.2) is 0 Å². The van der Waals surface area contributed by atoms with Crippen molar-refractivity contribution in [2.24, 2.45) is 0 Å². The number of para-hydroxylation sites is 2. The molecule has 1 aliphatic heterocycles. The van der Waals surface area contributed by atoms with Crippen LogP contribution in [0.25, 0.3) is 11.0 Å². The summed E-state index contributed by atoms with van der Waals surface area (Å²) in [6, 6.07) is 8.48. The van der Waals surface area contributed by atoms with E-state index in [1.807, 2.05) is 25.1 Å². The van der Waals surface area contributed by atoms with E-state index < -0.39 is 0 Å². The highest BCUT2D eigenvalue weighted by Gasteiger charge is 2.27. The molecule has 4 heteroatoms. The first-order chi connectivity index (χ1) is 9.18. The highest BCUT2D eigenvalue weighted by molar-refractivity contribution is 6.20. The zero-order valence-corrected chi connectivity index (χ0v) is 12.1. The third-order valence-electron chi connectivity index (χ3n) is 3.89. The Morgan fingerprint density at radius 1 is 1.37 bits per heavy atom. The van der Waals surface area contributed by atoms with Crippen LogP contribution in [-0.4, -0.2) is 22.3 Å². The highest BCUT2D eigenvalue weighted by Crippen LogP contribution is 2.32. The van der Waals surface area contributed by atoms with Crippen molar-refractivity contribution in [2.75, 3.05) is 6.61 Å². The molecule has 1 fully saturated rings. The molecule has 3 nitrogen and oxygen atoms in total. The minimum Gasteiger partial charge on any atom is -0.376 e. The van der Waals surface area contributed by atoms with Crippen LogP contribution >= 0.6 is 11.6 Å². The molecule has 0 aliphatic carbocycles. The first-order valence-corrected chi connectivity index (χ1v) is 7.34. The smallest absolute Gasteiger partial charge is 0.128 e. The summed E-state index contributed by atoms with van der Waals surface area (Å²) < 4.78 is 8.08. The number of alkyl halides is 1. The summed E-state index contributed by atoms with van der Waals surface area (Å²) in [6.45, 7) is 5.04. The van der Waals surface area contributed by atoms with E-state index in [2.05, 4.69) is 22.5 Å². The third-order valence-corrected chi connectivity index (χ3v) is 4.08. The van der Waals surface area contributed by atoms with Crippen molar-refractivity contribution in [3.8, 4) is 0 Å². The molecule has 3 rings (SSSR count). The first kappa shape index (κ1) is 12.9. The summed E-state index contributed by atoms with van der Waals surface area (Å²) in [5.74, 6) is 0.936. The maximum Gasteiger partial charge on any atom is 0.128 e. The molecule has 1 aromatic carbocycles. The van der Waals surface area contributed by atoms with E-state index in [1.165, 1.54) is 0 Å². The fourth-order valence-electron chi connectivity index (χ4n) is 2.92. The van der Waals surface area contributed by atoms with Gasteiger partial charge in [-0.2, -0.15) is 0 Å². The Bertz CT molecular complexity index is 573. The number of benzene rings is 1. The molecule has 1 aliphatic rings. The van der Waals surface area contributed by atoms with Gasteiger partial charge in [0, 0.05) is 6.61 Å². The number of fused-ring (bicyclic) bond motifs is 1. The maximum atomic E-state index is 6.31. The number of imidazole rings is 1. The van der Waals surface area contributed by atoms with Crippen molar-refractivity contribution in [3.63, 3.8) is 0 Å². The van der Waals surface area contributed by atoms with E-state index in [1.54, 1.807) is 0 Å². The SMILES string of the molecule is CC(Cl)c1nc2ccccc2n1C(C)C1CCCO1. The standard InChI is InChI=1S/C15H19ClN2O/c1-10(16)15-17-12-6-3-4-7-13(12)18(15)11(2)14-8-5-9-19-14/h3-4,6-7,10-11,14H,5,8-9H2,1-2H3. The molecule has 0 bridgehead atoms. The van der Waals surface area contributed by atoms with E-state index in [0.717, 1.165) is 36.3 Å². The first-order valence-electron chi connectivity index (χ1n) is 6.91. The number of hydrogen-bond donors (Lipinski definition) is 0. The zero-order valence-electron chi connectivity index (χ0n) is 11.3. The van der Waals surface area contributed by atoms with Crippen LogP contribution in [0.1, 0.15) is 43.9 Å². The fraction of sp³-hybridized carbons (Fsp3) is 0.533. The predicted octanol–water partition coefficient (Wildman–Crippen LogP) is 4.08. The summed E-state index contributed by atoms with van der Waals surface area (Å²) in [4.78, 5) is 4.68. The topological polar surface area (TPSA) is 27.1 Å². The third kappa shape index (κ3) is 2.26. The van der Waals surface area contributed by atoms with Crippen molar-refractivity contribution in [2.45, 2.75) is 44.2 Å². The molecule has 3 atom stereocenters. The van der Waals surface area contributed by atoms with Gasteiger partial charge in [0.1, 0.15) is 5.82 Å². The van der Waals surface area contributed by atoms with E-state index >= 15 is 0 Å². The van der Waals surface area contributed by atoms with Gasteiger partial charge in [-0.05, 0) is 38.8 Å². The average Bonchev–Trinajstić information content (AvgIpc) is 3.05. The Labute approximate surface area is 118 Å². The molecule has 0 N–H and O–H groups in total. The molecule has 0 saturated carbocycles. The molecule has 2 aromatic rings. The largest absolute Gasteiger partial charge is 0.376 e. The lowest BCUT2D eigenvalue weighted by atomic mass is 10.1. The van der Waals surface area contributed by atoms with Crippen molar-refractivity contribution in [3.05, 3.63) is 30.1 Å². The number of hydrogen-bond acceptors (Lipinski definition) is 2. The number of aromatic nitrogens is 2. The summed E-state index contributed by atoms with van der Waals surface area (Å²) in [5, 5.41) is -0.101. The Morgan fingerprint density at radius 2 is 2.16 bits per heavy atom. The van der Waals surface area contributed by atoms with Crippen molar-refractivity contribution < 1.29 is 4.74 Å². The summed E-state index contributed by atoms with van der Waals surface area (Å²) in [7, 11) is 0. The van der Waals surface area contributed by atoms with E-state index in [0.29, 0.717) is 0 Å². The van der Waals surface area contributed by atoms with Crippen LogP contribution < -0.4 is 0 Å². The summed E-state index contributed by atoms with van der Waals surface area (Å²) in [5.41, 5.74) is 2.16. The van der Waals surface area contributed by atoms with E-state index in [9.17, 15) is 0 Å². The van der Waals surface area contributed by atoms with Crippen LogP contribution in [0, 0.1) is 0 Å². The molecule has 2 heterocycles. The van der Waals surface area contributed by atoms with Crippen LogP contribution in [0.5, 0.6) is 0 Å². The molecule has 1 saturated heterocycles. The van der Waals surface area contributed by atoms with Crippen LogP contribution in [0.4, 0.5) is 0 Å².